The fourth-order valence-electron chi connectivity index (χ4n) is 9.99. The number of amides is 3. The summed E-state index contributed by atoms with van der Waals surface area (Å²) < 4.78 is 39.4. The first-order valence-electron chi connectivity index (χ1n) is 26.4. The number of β-amino-alcohol motifs (C(OH)–C–C–N with tert-alkyl or cyclic N) is 1. The van der Waals surface area contributed by atoms with Crippen molar-refractivity contribution in [3.05, 3.63) is 155 Å². The zero-order valence-corrected chi connectivity index (χ0v) is 46.0. The van der Waals surface area contributed by atoms with Crippen molar-refractivity contribution in [1.82, 2.24) is 25.4 Å². The molecule has 2 fully saturated rings. The standard InChI is InChI=1S/C61H68FN5O8S2/c1-39(42-11-13-45(14-12-42)56-40(2)63-38-76-56)64-59(70)52-33-48(68)35-67(52)60(71)58(61(3,4)5)65-54(69)37-73-32-31-72-30-29-66-27-25-44(26-28-66)43-17-21-49(22-18-43)75-55-51-24-23-50(74-36-41-9-7-6-8-10-41)34-53(51)77-57(55)46-15-19-47(62)20-16-46/h6-24,34,38-39,44,48,52,58,68H,25-33,35-37H2,1-5H3,(H,64,70)(H,65,69)/t39-,48+,52-,58+/m0/s1. The molecule has 77 heavy (non-hydrogen) atoms. The van der Waals surface area contributed by atoms with Crippen LogP contribution in [0, 0.1) is 18.2 Å². The molecule has 0 unspecified atom stereocenters. The summed E-state index contributed by atoms with van der Waals surface area (Å²) in [5, 5.41) is 17.5. The molecule has 2 aliphatic heterocycles. The number of fused-ring (bicyclic) bond motifs is 1. The first-order valence-corrected chi connectivity index (χ1v) is 28.1. The minimum absolute atomic E-state index is 0.0144. The SMILES string of the molecule is Cc1ncsc1-c1ccc([C@H](C)NC(=O)[C@@H]2C[C@@H](O)CN2C(=O)[C@@H](NC(=O)COCCOCCN2CCC(c3ccc(Oc4c(-c5ccc(F)cc5)sc5cc(OCc6ccccc6)ccc45)cc3)CC2)C(C)(C)C)cc1. The van der Waals surface area contributed by atoms with Gasteiger partial charge < -0.3 is 44.5 Å². The molecule has 3 N–H and O–H groups in total. The number of nitrogens with zero attached hydrogens (tertiary/aromatic N) is 3. The summed E-state index contributed by atoms with van der Waals surface area (Å²) in [7, 11) is 0. The van der Waals surface area contributed by atoms with Crippen LogP contribution < -0.4 is 20.1 Å². The van der Waals surface area contributed by atoms with Crippen molar-refractivity contribution in [1.29, 1.82) is 0 Å². The maximum atomic E-state index is 14.1. The number of likely N-dealkylation sites (tertiary alicyclic amines) is 2. The predicted octanol–water partition coefficient (Wildman–Crippen LogP) is 11.1. The molecule has 2 aliphatic rings. The minimum Gasteiger partial charge on any atom is -0.489 e. The van der Waals surface area contributed by atoms with E-state index in [2.05, 4.69) is 32.7 Å². The Bertz CT molecular complexity index is 3080. The van der Waals surface area contributed by atoms with Gasteiger partial charge in [0.2, 0.25) is 17.7 Å². The molecule has 7 aromatic rings. The fraction of sp³-hybridized carbons (Fsp3) is 0.377. The highest BCUT2D eigenvalue weighted by Crippen LogP contribution is 2.47. The van der Waals surface area contributed by atoms with E-state index in [-0.39, 0.29) is 43.9 Å². The highest BCUT2D eigenvalue weighted by molar-refractivity contribution is 7.22. The number of aryl methyl sites for hydroxylation is 1. The van der Waals surface area contributed by atoms with Crippen LogP contribution in [0.4, 0.5) is 4.39 Å². The summed E-state index contributed by atoms with van der Waals surface area (Å²) in [5.74, 6) is 1.11. The first kappa shape index (κ1) is 55.2. The van der Waals surface area contributed by atoms with Crippen LogP contribution in [0.25, 0.3) is 31.0 Å². The number of aliphatic hydroxyl groups is 1. The number of aromatic nitrogens is 1. The molecule has 3 amide bonds. The summed E-state index contributed by atoms with van der Waals surface area (Å²) in [6.45, 7) is 13.3. The maximum Gasteiger partial charge on any atom is 0.246 e. The molecule has 0 aliphatic carbocycles. The number of nitrogens with one attached hydrogen (secondary N) is 2. The summed E-state index contributed by atoms with van der Waals surface area (Å²) >= 11 is 3.17. The number of hydrogen-bond donors (Lipinski definition) is 3. The zero-order chi connectivity index (χ0) is 54.1. The monoisotopic (exact) mass is 1080 g/mol. The Morgan fingerprint density at radius 1 is 0.831 bits per heavy atom. The molecule has 5 aromatic carbocycles. The molecular weight excluding hydrogens is 1010 g/mol. The first-order chi connectivity index (χ1) is 37.2. The van der Waals surface area contributed by atoms with E-state index in [4.69, 9.17) is 18.9 Å². The van der Waals surface area contributed by atoms with Crippen LogP contribution in [-0.2, 0) is 30.5 Å². The molecule has 0 bridgehead atoms. The molecule has 16 heteroatoms. The van der Waals surface area contributed by atoms with Crippen molar-refractivity contribution in [3.8, 4) is 38.1 Å². The lowest BCUT2D eigenvalue weighted by molar-refractivity contribution is -0.144. The third-order valence-electron chi connectivity index (χ3n) is 14.3. The van der Waals surface area contributed by atoms with Gasteiger partial charge in [-0.2, -0.15) is 0 Å². The van der Waals surface area contributed by atoms with E-state index in [0.717, 1.165) is 97.5 Å². The largest absolute Gasteiger partial charge is 0.489 e. The van der Waals surface area contributed by atoms with Crippen LogP contribution in [0.2, 0.25) is 0 Å². The number of benzene rings is 5. The summed E-state index contributed by atoms with van der Waals surface area (Å²) in [4.78, 5) is 51.2. The van der Waals surface area contributed by atoms with Crippen molar-refractivity contribution in [2.45, 2.75) is 90.6 Å². The number of aliphatic hydroxyl groups excluding tert-OH is 1. The molecule has 4 heterocycles. The molecule has 404 valence electrons. The molecule has 0 radical (unpaired) electrons. The molecule has 2 saturated heterocycles. The number of ether oxygens (including phenoxy) is 4. The Labute approximate surface area is 458 Å². The van der Waals surface area contributed by atoms with Gasteiger partial charge in [0.05, 0.1) is 52.9 Å². The number of thiophene rings is 1. The van der Waals surface area contributed by atoms with E-state index in [1.165, 1.54) is 22.6 Å². The van der Waals surface area contributed by atoms with Crippen molar-refractivity contribution < 1.29 is 42.8 Å². The lowest BCUT2D eigenvalue weighted by Crippen LogP contribution is -2.58. The molecular formula is C61H68FN5O8S2. The van der Waals surface area contributed by atoms with E-state index in [1.807, 2.05) is 125 Å². The second-order valence-corrected chi connectivity index (χ2v) is 22.9. The lowest BCUT2D eigenvalue weighted by Gasteiger charge is -2.35. The molecule has 2 aromatic heterocycles. The van der Waals surface area contributed by atoms with Crippen LogP contribution in [0.15, 0.2) is 127 Å². The number of carbonyl (C=O) groups is 3. The Morgan fingerprint density at radius 2 is 1.52 bits per heavy atom. The van der Waals surface area contributed by atoms with Gasteiger partial charge in [-0.15, -0.1) is 22.7 Å². The van der Waals surface area contributed by atoms with Crippen molar-refractivity contribution in [3.63, 3.8) is 0 Å². The second-order valence-electron chi connectivity index (χ2n) is 21.0. The van der Waals surface area contributed by atoms with E-state index in [1.54, 1.807) is 34.8 Å². The van der Waals surface area contributed by atoms with E-state index in [0.29, 0.717) is 25.7 Å². The topological polar surface area (TPSA) is 152 Å². The molecule has 9 rings (SSSR count). The van der Waals surface area contributed by atoms with Gasteiger partial charge in [-0.1, -0.05) is 99.6 Å². The third-order valence-corrected chi connectivity index (χ3v) is 16.5. The van der Waals surface area contributed by atoms with Crippen molar-refractivity contribution >= 4 is 50.5 Å². The Hall–Kier alpha value is -6.53. The zero-order valence-electron chi connectivity index (χ0n) is 44.3. The summed E-state index contributed by atoms with van der Waals surface area (Å²) in [6.07, 6.45) is 1.26. The van der Waals surface area contributed by atoms with E-state index >= 15 is 0 Å². The van der Waals surface area contributed by atoms with Crippen molar-refractivity contribution in [2.24, 2.45) is 5.41 Å². The van der Waals surface area contributed by atoms with Gasteiger partial charge in [-0.05, 0) is 121 Å². The highest BCUT2D eigenvalue weighted by atomic mass is 32.1. The van der Waals surface area contributed by atoms with Gasteiger partial charge in [0, 0.05) is 29.6 Å². The number of rotatable bonds is 21. The molecule has 0 spiro atoms. The second kappa shape index (κ2) is 25.3. The number of halogens is 1. The van der Waals surface area contributed by atoms with E-state index in [9.17, 15) is 23.9 Å². The maximum absolute atomic E-state index is 14.1. The van der Waals surface area contributed by atoms with Gasteiger partial charge in [0.15, 0.2) is 5.75 Å². The van der Waals surface area contributed by atoms with Gasteiger partial charge in [-0.3, -0.25) is 14.4 Å². The fourth-order valence-corrected chi connectivity index (χ4v) is 12.0. The summed E-state index contributed by atoms with van der Waals surface area (Å²) in [5.41, 5.74) is 7.28. The van der Waals surface area contributed by atoms with Gasteiger partial charge in [0.25, 0.3) is 0 Å². The van der Waals surface area contributed by atoms with Crippen LogP contribution in [-0.4, -0.2) is 108 Å². The van der Waals surface area contributed by atoms with Gasteiger partial charge in [0.1, 0.15) is 42.6 Å². The van der Waals surface area contributed by atoms with Crippen LogP contribution >= 0.6 is 22.7 Å². The highest BCUT2D eigenvalue weighted by Gasteiger charge is 2.45. The molecule has 0 saturated carbocycles. The normalized spacial score (nSPS) is 17.1. The Morgan fingerprint density at radius 3 is 2.22 bits per heavy atom. The number of piperidine rings is 1. The molecule has 4 atom stereocenters. The number of carbonyl (C=O) groups excluding carboxylic acids is 3. The minimum atomic E-state index is -0.962. The van der Waals surface area contributed by atoms with Gasteiger partial charge in [-0.25, -0.2) is 9.37 Å². The smallest absolute Gasteiger partial charge is 0.246 e. The number of thiazole rings is 1. The van der Waals surface area contributed by atoms with Gasteiger partial charge >= 0.3 is 0 Å². The Balaban J connectivity index is 0.690. The van der Waals surface area contributed by atoms with Crippen molar-refractivity contribution in [2.75, 3.05) is 52.6 Å². The number of hydrogen-bond acceptors (Lipinski definition) is 12. The average molecular weight is 1080 g/mol. The lowest BCUT2D eigenvalue weighted by atomic mass is 9.85. The molecule has 13 nitrogen and oxygen atoms in total. The van der Waals surface area contributed by atoms with Crippen LogP contribution in [0.1, 0.15) is 81.3 Å². The van der Waals surface area contributed by atoms with E-state index < -0.39 is 35.4 Å². The van der Waals surface area contributed by atoms with Crippen LogP contribution in [0.3, 0.4) is 0 Å². The summed E-state index contributed by atoms with van der Waals surface area (Å²) in [6, 6.07) is 36.8. The van der Waals surface area contributed by atoms with Crippen LogP contribution in [0.5, 0.6) is 17.2 Å². The predicted molar refractivity (Wildman–Crippen MR) is 301 cm³/mol. The Kier molecular flexibility index (Phi) is 18.1. The third kappa shape index (κ3) is 14.2. The average Bonchev–Trinajstić information content (AvgIpc) is 4.15. The quantitative estimate of drug-likeness (QED) is 0.0593.